The second-order valence-corrected chi connectivity index (χ2v) is 9.61. The minimum absolute atomic E-state index is 0.0429. The van der Waals surface area contributed by atoms with Crippen LogP contribution in [0.25, 0.3) is 11.0 Å². The molecule has 0 aromatic carbocycles. The Morgan fingerprint density at radius 2 is 2.23 bits per heavy atom. The number of ether oxygens (including phenoxy) is 1. The number of halogens is 2. The van der Waals surface area contributed by atoms with Crippen LogP contribution in [0.15, 0.2) is 35.8 Å². The number of rotatable bonds is 5. The molecule has 0 spiro atoms. The molecule has 8 nitrogen and oxygen atoms in total. The van der Waals surface area contributed by atoms with E-state index in [2.05, 4.69) is 30.2 Å². The molecular weight excluding hydrogens is 441 g/mol. The van der Waals surface area contributed by atoms with Crippen molar-refractivity contribution in [3.05, 3.63) is 47.4 Å². The van der Waals surface area contributed by atoms with Gasteiger partial charge in [-0.2, -0.15) is 4.39 Å². The Kier molecular flexibility index (Phi) is 3.99. The molecular formula is C20H19ClFN7OS. The second-order valence-electron chi connectivity index (χ2n) is 7.74. The van der Waals surface area contributed by atoms with Crippen molar-refractivity contribution >= 4 is 51.1 Å². The highest BCUT2D eigenvalue weighted by molar-refractivity contribution is 8.15. The molecule has 160 valence electrons. The number of methoxy groups -OCH3 is 1. The number of anilines is 2. The summed E-state index contributed by atoms with van der Waals surface area (Å²) in [6, 6.07) is 3.27. The number of nitrogens with two attached hydrogens (primary N) is 1. The number of aliphatic imine (C=N–C) groups is 1. The lowest BCUT2D eigenvalue weighted by atomic mass is 9.86. The van der Waals surface area contributed by atoms with E-state index >= 15 is 4.39 Å². The van der Waals surface area contributed by atoms with Gasteiger partial charge in [-0.3, -0.25) is 4.99 Å². The van der Waals surface area contributed by atoms with E-state index in [1.54, 1.807) is 19.1 Å². The summed E-state index contributed by atoms with van der Waals surface area (Å²) in [5.74, 6) is -0.471. The molecule has 4 heterocycles. The van der Waals surface area contributed by atoms with Crippen LogP contribution in [0, 0.1) is 11.9 Å². The molecule has 5 rings (SSSR count). The Morgan fingerprint density at radius 3 is 3.06 bits per heavy atom. The molecule has 0 radical (unpaired) electrons. The molecule has 1 saturated carbocycles. The lowest BCUT2D eigenvalue weighted by molar-refractivity contribution is 0.184. The molecule has 3 N–H and O–H groups in total. The van der Waals surface area contributed by atoms with Crippen LogP contribution < -0.4 is 11.1 Å². The van der Waals surface area contributed by atoms with Gasteiger partial charge in [0, 0.05) is 24.7 Å². The lowest BCUT2D eigenvalue weighted by Gasteiger charge is -2.33. The van der Waals surface area contributed by atoms with Crippen LogP contribution in [0.5, 0.6) is 0 Å². The highest BCUT2D eigenvalue weighted by Gasteiger charge is 2.66. The summed E-state index contributed by atoms with van der Waals surface area (Å²) in [5, 5.41) is 3.80. The molecule has 1 aliphatic carbocycles. The SMILES string of the molecule is [2H]C([2H])([2H])OC[C@]12C[C@H]1[C@@](C)(c1cc(Nc3ncnc4cc(Cl)cnc34)cnc1F)N=C(N)S2. The lowest BCUT2D eigenvalue weighted by Crippen LogP contribution is -2.37. The fourth-order valence-corrected chi connectivity index (χ4v) is 5.77. The van der Waals surface area contributed by atoms with E-state index in [0.29, 0.717) is 34.0 Å². The van der Waals surface area contributed by atoms with E-state index in [0.717, 1.165) is 0 Å². The van der Waals surface area contributed by atoms with Gasteiger partial charge in [-0.05, 0) is 25.5 Å². The molecule has 3 aromatic heterocycles. The molecule has 1 aliphatic heterocycles. The van der Waals surface area contributed by atoms with Crippen LogP contribution in [0.2, 0.25) is 5.02 Å². The zero-order valence-corrected chi connectivity index (χ0v) is 17.8. The monoisotopic (exact) mass is 462 g/mol. The predicted octanol–water partition coefficient (Wildman–Crippen LogP) is 3.64. The van der Waals surface area contributed by atoms with Crippen molar-refractivity contribution in [1.29, 1.82) is 0 Å². The summed E-state index contributed by atoms with van der Waals surface area (Å²) in [6.07, 6.45) is 4.77. The molecule has 3 aromatic rings. The maximum Gasteiger partial charge on any atom is 0.218 e. The molecule has 11 heteroatoms. The van der Waals surface area contributed by atoms with E-state index in [1.807, 2.05) is 0 Å². The number of hydrogen-bond acceptors (Lipinski definition) is 9. The molecule has 31 heavy (non-hydrogen) atoms. The minimum atomic E-state index is -2.53. The fraction of sp³-hybridized carbons (Fsp3) is 0.350. The number of hydrogen-bond donors (Lipinski definition) is 2. The number of thioether (sulfide) groups is 1. The van der Waals surface area contributed by atoms with E-state index in [-0.39, 0.29) is 23.3 Å². The molecule has 0 bridgehead atoms. The van der Waals surface area contributed by atoms with Gasteiger partial charge in [0.15, 0.2) is 11.0 Å². The summed E-state index contributed by atoms with van der Waals surface area (Å²) < 4.78 is 41.6. The van der Waals surface area contributed by atoms with Crippen LogP contribution in [-0.2, 0) is 10.3 Å². The van der Waals surface area contributed by atoms with Gasteiger partial charge in [0.05, 0.1) is 43.4 Å². The quantitative estimate of drug-likeness (QED) is 0.553. The van der Waals surface area contributed by atoms with Crippen molar-refractivity contribution in [2.75, 3.05) is 19.0 Å². The summed E-state index contributed by atoms with van der Waals surface area (Å²) in [7, 11) is -2.53. The third kappa shape index (κ3) is 3.38. The Bertz CT molecular complexity index is 1330. The largest absolute Gasteiger partial charge is 0.383 e. The Labute approximate surface area is 191 Å². The maximum atomic E-state index is 15.0. The topological polar surface area (TPSA) is 111 Å². The van der Waals surface area contributed by atoms with Crippen molar-refractivity contribution in [3.8, 4) is 0 Å². The van der Waals surface area contributed by atoms with Gasteiger partial charge < -0.3 is 15.8 Å². The number of amidine groups is 1. The first-order valence-electron chi connectivity index (χ1n) is 10.9. The zero-order valence-electron chi connectivity index (χ0n) is 19.3. The Hall–Kier alpha value is -2.56. The van der Waals surface area contributed by atoms with Gasteiger partial charge >= 0.3 is 0 Å². The third-order valence-electron chi connectivity index (χ3n) is 5.76. The third-order valence-corrected chi connectivity index (χ3v) is 7.24. The summed E-state index contributed by atoms with van der Waals surface area (Å²) in [5.41, 5.74) is 6.78. The molecule has 2 aliphatic rings. The fourth-order valence-electron chi connectivity index (χ4n) is 4.23. The molecule has 1 fully saturated rings. The van der Waals surface area contributed by atoms with Crippen molar-refractivity contribution in [2.24, 2.45) is 16.6 Å². The van der Waals surface area contributed by atoms with Crippen LogP contribution in [-0.4, -0.2) is 43.5 Å². The number of pyridine rings is 2. The van der Waals surface area contributed by atoms with Crippen molar-refractivity contribution in [1.82, 2.24) is 19.9 Å². The minimum Gasteiger partial charge on any atom is -0.383 e. The zero-order chi connectivity index (χ0) is 24.3. The predicted molar refractivity (Wildman–Crippen MR) is 119 cm³/mol. The van der Waals surface area contributed by atoms with E-state index < -0.39 is 23.3 Å². The van der Waals surface area contributed by atoms with Gasteiger partial charge in [0.25, 0.3) is 0 Å². The first kappa shape index (κ1) is 17.0. The van der Waals surface area contributed by atoms with E-state index in [9.17, 15) is 0 Å². The highest BCUT2D eigenvalue weighted by atomic mass is 35.5. The average Bonchev–Trinajstić information content (AvgIpc) is 3.49. The van der Waals surface area contributed by atoms with Crippen LogP contribution in [0.3, 0.4) is 0 Å². The Morgan fingerprint density at radius 1 is 1.35 bits per heavy atom. The number of aromatic nitrogens is 4. The highest BCUT2D eigenvalue weighted by Crippen LogP contribution is 2.65. The Balaban J connectivity index is 1.48. The first-order chi connectivity index (χ1) is 16.0. The van der Waals surface area contributed by atoms with Crippen LogP contribution in [0.1, 0.15) is 23.0 Å². The number of nitrogens with one attached hydrogen (secondary N) is 1. The first-order valence-corrected chi connectivity index (χ1v) is 10.6. The van der Waals surface area contributed by atoms with Crippen molar-refractivity contribution < 1.29 is 13.2 Å². The van der Waals surface area contributed by atoms with Crippen LogP contribution >= 0.6 is 23.4 Å². The van der Waals surface area contributed by atoms with Gasteiger partial charge in [0.2, 0.25) is 5.95 Å². The van der Waals surface area contributed by atoms with E-state index in [1.165, 1.54) is 30.5 Å². The summed E-state index contributed by atoms with van der Waals surface area (Å²) in [4.78, 5) is 21.2. The van der Waals surface area contributed by atoms with Gasteiger partial charge in [-0.25, -0.2) is 19.9 Å². The van der Waals surface area contributed by atoms with Crippen LogP contribution in [0.4, 0.5) is 15.9 Å². The van der Waals surface area contributed by atoms with Gasteiger partial charge in [-0.15, -0.1) is 0 Å². The van der Waals surface area contributed by atoms with Crippen molar-refractivity contribution in [2.45, 2.75) is 23.6 Å². The molecule has 0 unspecified atom stereocenters. The number of fused-ring (bicyclic) bond motifs is 2. The maximum absolute atomic E-state index is 15.0. The molecule has 0 amide bonds. The standard InChI is InChI=1S/C20H19ClFN7OS/c1-19(14-5-20(14,8-30-2)31-18(23)29-19)12-4-11(7-25-16(12)22)28-17-15-13(26-9-27-17)3-10(21)6-24-15/h3-4,6-7,9,14H,5,8H2,1-2H3,(H2,23,29)(H,26,27,28)/t14-,19+,20+/m0/s1/i2D3. The van der Waals surface area contributed by atoms with Gasteiger partial charge in [-0.1, -0.05) is 23.4 Å². The second kappa shape index (κ2) is 7.25. The average molecular weight is 463 g/mol. The van der Waals surface area contributed by atoms with E-state index in [4.69, 9.17) is 26.2 Å². The number of nitrogens with zero attached hydrogens (tertiary/aromatic N) is 5. The summed E-state index contributed by atoms with van der Waals surface area (Å²) in [6.45, 7) is 1.73. The smallest absolute Gasteiger partial charge is 0.218 e. The molecule has 0 saturated heterocycles. The van der Waals surface area contributed by atoms with Gasteiger partial charge in [0.1, 0.15) is 11.8 Å². The summed E-state index contributed by atoms with van der Waals surface area (Å²) >= 11 is 7.27. The van der Waals surface area contributed by atoms with Crippen molar-refractivity contribution in [3.63, 3.8) is 0 Å². The molecule has 3 atom stereocenters. The normalized spacial score (nSPS) is 28.8.